The van der Waals surface area contributed by atoms with Crippen molar-refractivity contribution in [2.75, 3.05) is 17.3 Å². The minimum absolute atomic E-state index is 1.06. The van der Waals surface area contributed by atoms with E-state index in [1.54, 1.807) is 0 Å². The smallest absolute Gasteiger partial charge is 0.0485 e. The molecule has 0 aromatic carbocycles. The zero-order chi connectivity index (χ0) is 14.2. The topological polar surface area (TPSA) is 4.93 Å². The van der Waals surface area contributed by atoms with Crippen LogP contribution in [-0.2, 0) is 6.54 Å². The second-order valence-corrected chi connectivity index (χ2v) is 7.10. The predicted octanol–water partition coefficient (Wildman–Crippen LogP) is 3.40. The normalized spacial score (nSPS) is 15.3. The molecule has 0 radical (unpaired) electrons. The third-order valence-corrected chi connectivity index (χ3v) is 4.83. The Kier molecular flexibility index (Phi) is 6.61. The first-order chi connectivity index (χ1) is 9.86. The summed E-state index contributed by atoms with van der Waals surface area (Å²) in [7, 11) is 0. The molecule has 0 amide bonds. The Morgan fingerprint density at radius 2 is 1.95 bits per heavy atom. The van der Waals surface area contributed by atoms with Crippen molar-refractivity contribution in [2.24, 2.45) is 0 Å². The van der Waals surface area contributed by atoms with E-state index in [1.165, 1.54) is 27.8 Å². The molecule has 1 aromatic rings. The van der Waals surface area contributed by atoms with Gasteiger partial charge in [0.05, 0.1) is 0 Å². The number of hydrogen-bond acceptors (Lipinski definition) is 2. The molecule has 0 N–H and O–H groups in total. The molecule has 1 aromatic heterocycles. The van der Waals surface area contributed by atoms with E-state index in [9.17, 15) is 0 Å². The highest BCUT2D eigenvalue weighted by Crippen LogP contribution is 2.07. The number of thioether (sulfide) groups is 2. The van der Waals surface area contributed by atoms with Crippen molar-refractivity contribution in [3.63, 3.8) is 0 Å². The molecule has 0 aliphatic heterocycles. The molecule has 3 heteroatoms. The minimum Gasteiger partial charge on any atom is -0.340 e. The van der Waals surface area contributed by atoms with Gasteiger partial charge in [0, 0.05) is 23.0 Å². The maximum absolute atomic E-state index is 2.46. The van der Waals surface area contributed by atoms with Gasteiger partial charge < -0.3 is 4.57 Å². The molecule has 1 heterocycles. The lowest BCUT2D eigenvalue weighted by atomic mass is 10.1. The molecule has 20 heavy (non-hydrogen) atoms. The zero-order valence-corrected chi connectivity index (χ0v) is 14.0. The van der Waals surface area contributed by atoms with Crippen molar-refractivity contribution in [3.8, 4) is 0 Å². The fourth-order valence-corrected chi connectivity index (χ4v) is 3.40. The molecule has 0 fully saturated rings. The lowest BCUT2D eigenvalue weighted by molar-refractivity contribution is 0.732. The van der Waals surface area contributed by atoms with Gasteiger partial charge in [-0.15, -0.1) is 11.8 Å². The van der Waals surface area contributed by atoms with E-state index in [4.69, 9.17) is 0 Å². The highest BCUT2D eigenvalue weighted by Gasteiger charge is 2.02. The van der Waals surface area contributed by atoms with Crippen molar-refractivity contribution < 1.29 is 0 Å². The maximum atomic E-state index is 2.46. The first-order valence-corrected chi connectivity index (χ1v) is 9.49. The lowest BCUT2D eigenvalue weighted by Gasteiger charge is -2.07. The molecule has 1 nitrogen and oxygen atoms in total. The summed E-state index contributed by atoms with van der Waals surface area (Å²) in [5.74, 6) is 3.49. The van der Waals surface area contributed by atoms with Crippen LogP contribution in [0.5, 0.6) is 0 Å². The highest BCUT2D eigenvalue weighted by atomic mass is 32.2. The van der Waals surface area contributed by atoms with Crippen molar-refractivity contribution in [1.82, 2.24) is 4.57 Å². The number of nitrogens with zero attached hydrogens (tertiary/aromatic N) is 1. The first kappa shape index (κ1) is 15.6. The van der Waals surface area contributed by atoms with Crippen molar-refractivity contribution in [3.05, 3.63) is 47.1 Å². The molecule has 0 spiro atoms. The molecule has 0 atom stereocenters. The minimum atomic E-state index is 1.06. The molecule has 2 rings (SSSR count). The predicted molar refractivity (Wildman–Crippen MR) is 95.6 cm³/mol. The highest BCUT2D eigenvalue weighted by molar-refractivity contribution is 8.06. The summed E-state index contributed by atoms with van der Waals surface area (Å²) < 4.78 is 2.46. The summed E-state index contributed by atoms with van der Waals surface area (Å²) in [6.45, 7) is 5.51. The van der Waals surface area contributed by atoms with Gasteiger partial charge in [-0.2, -0.15) is 11.8 Å². The van der Waals surface area contributed by atoms with Crippen LogP contribution in [0.15, 0.2) is 36.4 Å². The molecular weight excluding hydrogens is 282 g/mol. The van der Waals surface area contributed by atoms with Crippen LogP contribution in [0.4, 0.5) is 0 Å². The van der Waals surface area contributed by atoms with E-state index >= 15 is 0 Å². The Morgan fingerprint density at radius 1 is 1.15 bits per heavy atom. The van der Waals surface area contributed by atoms with Crippen LogP contribution in [0.3, 0.4) is 0 Å². The van der Waals surface area contributed by atoms with Crippen molar-refractivity contribution >= 4 is 34.5 Å². The summed E-state index contributed by atoms with van der Waals surface area (Å²) in [4.78, 5) is 0. The Bertz CT molecular complexity index is 579. The Hall–Kier alpha value is -0.800. The van der Waals surface area contributed by atoms with Crippen molar-refractivity contribution in [2.45, 2.75) is 26.8 Å². The van der Waals surface area contributed by atoms with Gasteiger partial charge in [-0.3, -0.25) is 0 Å². The maximum Gasteiger partial charge on any atom is 0.0485 e. The van der Waals surface area contributed by atoms with Crippen LogP contribution < -0.4 is 10.7 Å². The fraction of sp³-hybridized carbons (Fsp3) is 0.412. The second-order valence-electron chi connectivity index (χ2n) is 4.56. The van der Waals surface area contributed by atoms with E-state index in [1.807, 2.05) is 23.5 Å². The van der Waals surface area contributed by atoms with Crippen molar-refractivity contribution in [1.29, 1.82) is 0 Å². The monoisotopic (exact) mass is 305 g/mol. The number of rotatable bonds is 6. The van der Waals surface area contributed by atoms with Crippen LogP contribution in [0.25, 0.3) is 11.0 Å². The third-order valence-electron chi connectivity index (χ3n) is 3.21. The summed E-state index contributed by atoms with van der Waals surface area (Å²) in [6, 6.07) is 4.51. The summed E-state index contributed by atoms with van der Waals surface area (Å²) in [6.07, 6.45) is 10.0. The summed E-state index contributed by atoms with van der Waals surface area (Å²) >= 11 is 3.88. The Morgan fingerprint density at radius 3 is 2.65 bits per heavy atom. The Balaban J connectivity index is 2.41. The molecule has 0 bridgehead atoms. The van der Waals surface area contributed by atoms with Gasteiger partial charge in [0.15, 0.2) is 0 Å². The SMILES string of the molecule is CCS/C=c1/ccc(=C2C=CCC=C2)n1CCSCC. The van der Waals surface area contributed by atoms with Gasteiger partial charge >= 0.3 is 0 Å². The fourth-order valence-electron chi connectivity index (χ4n) is 2.25. The number of aromatic nitrogens is 1. The van der Waals surface area contributed by atoms with Crippen LogP contribution in [0.2, 0.25) is 0 Å². The molecule has 0 unspecified atom stereocenters. The van der Waals surface area contributed by atoms with Gasteiger partial charge in [0.25, 0.3) is 0 Å². The largest absolute Gasteiger partial charge is 0.340 e. The average Bonchev–Trinajstić information content (AvgIpc) is 2.89. The van der Waals surface area contributed by atoms with Gasteiger partial charge in [0.1, 0.15) is 0 Å². The van der Waals surface area contributed by atoms with Crippen LogP contribution in [0, 0.1) is 0 Å². The number of hydrogen-bond donors (Lipinski definition) is 0. The van der Waals surface area contributed by atoms with E-state index in [0.717, 1.165) is 18.7 Å². The zero-order valence-electron chi connectivity index (χ0n) is 12.3. The number of allylic oxidation sites excluding steroid dienone is 4. The van der Waals surface area contributed by atoms with E-state index < -0.39 is 0 Å². The molecule has 1 aliphatic carbocycles. The molecule has 1 aliphatic rings. The summed E-state index contributed by atoms with van der Waals surface area (Å²) in [5.41, 5.74) is 1.33. The molecular formula is C17H23NS2. The van der Waals surface area contributed by atoms with E-state index in [-0.39, 0.29) is 0 Å². The van der Waals surface area contributed by atoms with E-state index in [2.05, 4.69) is 60.3 Å². The molecule has 108 valence electrons. The summed E-state index contributed by atoms with van der Waals surface area (Å²) in [5, 5.41) is 4.97. The van der Waals surface area contributed by atoms with Crippen LogP contribution in [0.1, 0.15) is 20.3 Å². The lowest BCUT2D eigenvalue weighted by Crippen LogP contribution is -2.28. The average molecular weight is 306 g/mol. The van der Waals surface area contributed by atoms with E-state index in [0.29, 0.717) is 0 Å². The second kappa shape index (κ2) is 8.48. The first-order valence-electron chi connectivity index (χ1n) is 7.29. The molecule has 0 saturated carbocycles. The van der Waals surface area contributed by atoms with Gasteiger partial charge in [-0.1, -0.05) is 38.2 Å². The quantitative estimate of drug-likeness (QED) is 0.742. The standard InChI is InChI=1S/C17H23NS2/c1-3-19-13-12-18-16(14-20-4-2)10-11-17(18)15-8-6-5-7-9-15/h6-11,14H,3-5,12-13H2,1-2H3/b16-14-. The van der Waals surface area contributed by atoms with Gasteiger partial charge in [-0.05, 0) is 41.0 Å². The molecule has 0 saturated heterocycles. The van der Waals surface area contributed by atoms with Gasteiger partial charge in [0.2, 0.25) is 0 Å². The Labute approximate surface area is 130 Å². The third kappa shape index (κ3) is 4.10. The van der Waals surface area contributed by atoms with Gasteiger partial charge in [-0.25, -0.2) is 0 Å². The van der Waals surface area contributed by atoms with Crippen LogP contribution in [-0.4, -0.2) is 21.8 Å². The van der Waals surface area contributed by atoms with Crippen LogP contribution >= 0.6 is 23.5 Å².